The minimum atomic E-state index is -0.917. The predicted octanol–water partition coefficient (Wildman–Crippen LogP) is 2.36. The molecule has 0 unspecified atom stereocenters. The van der Waals surface area contributed by atoms with E-state index in [-0.39, 0.29) is 6.42 Å². The summed E-state index contributed by atoms with van der Waals surface area (Å²) >= 11 is 6.01. The van der Waals surface area contributed by atoms with E-state index in [1.54, 1.807) is 12.3 Å². The van der Waals surface area contributed by atoms with Crippen molar-refractivity contribution in [2.45, 2.75) is 6.42 Å². The van der Waals surface area contributed by atoms with Crippen LogP contribution in [-0.4, -0.2) is 21.0 Å². The largest absolute Gasteiger partial charge is 0.481 e. The molecule has 1 heterocycles. The molecule has 0 amide bonds. The van der Waals surface area contributed by atoms with E-state index in [9.17, 15) is 4.79 Å². The van der Waals surface area contributed by atoms with E-state index in [2.05, 4.69) is 9.97 Å². The molecule has 0 aliphatic heterocycles. The summed E-state index contributed by atoms with van der Waals surface area (Å²) in [6.07, 6.45) is 1.46. The summed E-state index contributed by atoms with van der Waals surface area (Å²) in [5, 5.41) is 9.22. The van der Waals surface area contributed by atoms with Gasteiger partial charge in [0.15, 0.2) is 0 Å². The minimum Gasteiger partial charge on any atom is -0.481 e. The lowest BCUT2D eigenvalue weighted by molar-refractivity contribution is -0.136. The first-order valence-corrected chi connectivity index (χ1v) is 5.05. The van der Waals surface area contributed by atoms with Gasteiger partial charge in [0.25, 0.3) is 0 Å². The van der Waals surface area contributed by atoms with Gasteiger partial charge in [-0.3, -0.25) is 4.79 Å². The highest BCUT2D eigenvalue weighted by molar-refractivity contribution is 6.33. The zero-order valence-electron chi connectivity index (χ0n) is 8.27. The van der Waals surface area contributed by atoms with Crippen molar-refractivity contribution in [1.29, 1.82) is 0 Å². The van der Waals surface area contributed by atoms with Gasteiger partial charge in [-0.2, -0.15) is 0 Å². The van der Waals surface area contributed by atoms with Gasteiger partial charge >= 0.3 is 5.97 Å². The predicted molar refractivity (Wildman–Crippen MR) is 60.4 cm³/mol. The number of aromatic amines is 1. The summed E-state index contributed by atoms with van der Waals surface area (Å²) in [5.41, 5.74) is 1.54. The Morgan fingerprint density at radius 1 is 1.44 bits per heavy atom. The van der Waals surface area contributed by atoms with Crippen molar-refractivity contribution in [2.24, 2.45) is 0 Å². The number of rotatable bonds is 3. The first kappa shape index (κ1) is 10.7. The van der Waals surface area contributed by atoms with E-state index in [1.165, 1.54) is 0 Å². The van der Waals surface area contributed by atoms with Crippen molar-refractivity contribution in [1.82, 2.24) is 9.97 Å². The van der Waals surface area contributed by atoms with Crippen LogP contribution in [0.25, 0.3) is 11.3 Å². The average Bonchev–Trinajstić information content (AvgIpc) is 2.66. The lowest BCUT2D eigenvalue weighted by atomic mass is 10.2. The molecule has 0 aliphatic rings. The molecule has 0 saturated carbocycles. The quantitative estimate of drug-likeness (QED) is 0.860. The third-order valence-electron chi connectivity index (χ3n) is 2.11. The number of hydrogen-bond donors (Lipinski definition) is 2. The van der Waals surface area contributed by atoms with E-state index in [1.807, 2.05) is 18.2 Å². The normalized spacial score (nSPS) is 10.3. The molecule has 5 heteroatoms. The fourth-order valence-corrected chi connectivity index (χ4v) is 1.65. The van der Waals surface area contributed by atoms with Crippen molar-refractivity contribution in [3.63, 3.8) is 0 Å². The van der Waals surface area contributed by atoms with Crippen molar-refractivity contribution < 1.29 is 9.90 Å². The minimum absolute atomic E-state index is 0.121. The van der Waals surface area contributed by atoms with Gasteiger partial charge in [0.05, 0.1) is 11.9 Å². The van der Waals surface area contributed by atoms with Crippen LogP contribution in [0.1, 0.15) is 5.82 Å². The molecule has 0 radical (unpaired) electrons. The van der Waals surface area contributed by atoms with E-state index in [0.29, 0.717) is 10.8 Å². The number of aromatic nitrogens is 2. The summed E-state index contributed by atoms with van der Waals surface area (Å²) in [4.78, 5) is 17.4. The van der Waals surface area contributed by atoms with Crippen LogP contribution in [-0.2, 0) is 11.2 Å². The van der Waals surface area contributed by atoms with Crippen LogP contribution in [0.4, 0.5) is 0 Å². The molecule has 82 valence electrons. The Morgan fingerprint density at radius 3 is 2.88 bits per heavy atom. The number of carboxylic acids is 1. The van der Waals surface area contributed by atoms with Crippen LogP contribution in [0.2, 0.25) is 5.02 Å². The maximum atomic E-state index is 10.5. The molecule has 16 heavy (non-hydrogen) atoms. The fraction of sp³-hybridized carbons (Fsp3) is 0.0909. The highest BCUT2D eigenvalue weighted by Gasteiger charge is 2.08. The van der Waals surface area contributed by atoms with Gasteiger partial charge < -0.3 is 10.1 Å². The van der Waals surface area contributed by atoms with Gasteiger partial charge in [0.2, 0.25) is 0 Å². The van der Waals surface area contributed by atoms with Gasteiger partial charge in [0, 0.05) is 10.6 Å². The van der Waals surface area contributed by atoms with Gasteiger partial charge in [0.1, 0.15) is 12.2 Å². The molecule has 2 N–H and O–H groups in total. The van der Waals surface area contributed by atoms with Crippen LogP contribution in [0.15, 0.2) is 30.5 Å². The Morgan fingerprint density at radius 2 is 2.19 bits per heavy atom. The molecule has 0 fully saturated rings. The number of imidazole rings is 1. The molecular formula is C11H9ClN2O2. The summed E-state index contributed by atoms with van der Waals surface area (Å²) < 4.78 is 0. The second-order valence-corrected chi connectivity index (χ2v) is 3.70. The monoisotopic (exact) mass is 236 g/mol. The number of nitrogens with zero attached hydrogens (tertiary/aromatic N) is 1. The zero-order valence-corrected chi connectivity index (χ0v) is 9.03. The van der Waals surface area contributed by atoms with E-state index in [0.717, 1.165) is 11.3 Å². The van der Waals surface area contributed by atoms with Gasteiger partial charge in [-0.1, -0.05) is 29.8 Å². The standard InChI is InChI=1S/C11H9ClN2O2/c12-8-4-2-1-3-7(8)9-6-13-10(14-9)5-11(15)16/h1-4,6H,5H2,(H,13,14)(H,15,16). The van der Waals surface area contributed by atoms with Crippen molar-refractivity contribution in [3.8, 4) is 11.3 Å². The zero-order chi connectivity index (χ0) is 11.5. The molecule has 0 atom stereocenters. The highest BCUT2D eigenvalue weighted by atomic mass is 35.5. The third kappa shape index (κ3) is 2.23. The van der Waals surface area contributed by atoms with E-state index < -0.39 is 5.97 Å². The first-order valence-electron chi connectivity index (χ1n) is 4.67. The molecule has 1 aromatic carbocycles. The van der Waals surface area contributed by atoms with Crippen LogP contribution in [0.5, 0.6) is 0 Å². The molecule has 0 spiro atoms. The molecule has 4 nitrogen and oxygen atoms in total. The first-order chi connectivity index (χ1) is 7.66. The fourth-order valence-electron chi connectivity index (χ4n) is 1.41. The molecular weight excluding hydrogens is 228 g/mol. The maximum Gasteiger partial charge on any atom is 0.311 e. The number of halogens is 1. The van der Waals surface area contributed by atoms with Crippen molar-refractivity contribution in [2.75, 3.05) is 0 Å². The Bertz CT molecular complexity index is 522. The van der Waals surface area contributed by atoms with E-state index >= 15 is 0 Å². The number of H-pyrrole nitrogens is 1. The number of carboxylic acid groups (broad SMARTS) is 1. The number of nitrogens with one attached hydrogen (secondary N) is 1. The van der Waals surface area contributed by atoms with Gasteiger partial charge in [-0.05, 0) is 6.07 Å². The summed E-state index contributed by atoms with van der Waals surface area (Å²) in [7, 11) is 0. The Kier molecular flexibility index (Phi) is 2.92. The summed E-state index contributed by atoms with van der Waals surface area (Å²) in [6, 6.07) is 7.31. The second kappa shape index (κ2) is 4.37. The highest BCUT2D eigenvalue weighted by Crippen LogP contribution is 2.25. The molecule has 0 saturated heterocycles. The number of hydrogen-bond acceptors (Lipinski definition) is 2. The van der Waals surface area contributed by atoms with Gasteiger partial charge in [-0.15, -0.1) is 0 Å². The lowest BCUT2D eigenvalue weighted by Gasteiger charge is -1.99. The maximum absolute atomic E-state index is 10.5. The van der Waals surface area contributed by atoms with Crippen LogP contribution < -0.4 is 0 Å². The summed E-state index contributed by atoms with van der Waals surface area (Å²) in [5.74, 6) is -0.498. The molecule has 2 aromatic rings. The number of benzene rings is 1. The Balaban J connectivity index is 2.32. The summed E-state index contributed by atoms with van der Waals surface area (Å²) in [6.45, 7) is 0. The van der Waals surface area contributed by atoms with Crippen molar-refractivity contribution in [3.05, 3.63) is 41.3 Å². The smallest absolute Gasteiger partial charge is 0.311 e. The number of aliphatic carboxylic acids is 1. The molecule has 1 aromatic heterocycles. The Labute approximate surface area is 96.9 Å². The molecule has 0 aliphatic carbocycles. The number of carbonyl (C=O) groups is 1. The van der Waals surface area contributed by atoms with Crippen LogP contribution >= 0.6 is 11.6 Å². The van der Waals surface area contributed by atoms with Gasteiger partial charge in [-0.25, -0.2) is 4.98 Å². The molecule has 0 bridgehead atoms. The van der Waals surface area contributed by atoms with Crippen LogP contribution in [0, 0.1) is 0 Å². The third-order valence-corrected chi connectivity index (χ3v) is 2.44. The average molecular weight is 237 g/mol. The van der Waals surface area contributed by atoms with E-state index in [4.69, 9.17) is 16.7 Å². The topological polar surface area (TPSA) is 66.0 Å². The lowest BCUT2D eigenvalue weighted by Crippen LogP contribution is -2.01. The Hall–Kier alpha value is -1.81. The SMILES string of the molecule is O=C(O)Cc1ncc(-c2ccccc2Cl)[nH]1. The van der Waals surface area contributed by atoms with Crippen LogP contribution in [0.3, 0.4) is 0 Å². The molecule has 2 rings (SSSR count). The second-order valence-electron chi connectivity index (χ2n) is 3.29. The van der Waals surface area contributed by atoms with Crippen molar-refractivity contribution >= 4 is 17.6 Å².